The molecule has 2 nitrogen and oxygen atoms in total. The Balaban J connectivity index is 2.49. The number of benzene rings is 3. The number of hydrogen-bond donors (Lipinski definition) is 2. The van der Waals surface area contributed by atoms with Gasteiger partial charge in [-0.3, -0.25) is 0 Å². The summed E-state index contributed by atoms with van der Waals surface area (Å²) < 4.78 is 0. The van der Waals surface area contributed by atoms with Crippen molar-refractivity contribution in [2.45, 2.75) is 20.8 Å². The second-order valence-corrected chi connectivity index (χ2v) is 5.56. The van der Waals surface area contributed by atoms with Crippen LogP contribution in [0, 0.1) is 20.8 Å². The summed E-state index contributed by atoms with van der Waals surface area (Å²) in [6.45, 7) is 6.21. The highest BCUT2D eigenvalue weighted by molar-refractivity contribution is 6.01. The monoisotopic (exact) mass is 278 g/mol. The molecule has 0 amide bonds. The van der Waals surface area contributed by atoms with E-state index in [0.717, 1.165) is 16.5 Å². The highest BCUT2D eigenvalue weighted by Crippen LogP contribution is 2.40. The van der Waals surface area contributed by atoms with Gasteiger partial charge in [0.1, 0.15) is 11.5 Å². The molecule has 0 bridgehead atoms. The van der Waals surface area contributed by atoms with Crippen LogP contribution in [-0.2, 0) is 0 Å². The first kappa shape index (κ1) is 13.5. The first-order chi connectivity index (χ1) is 9.99. The predicted molar refractivity (Wildman–Crippen MR) is 86.9 cm³/mol. The Morgan fingerprint density at radius 1 is 0.762 bits per heavy atom. The molecule has 0 radical (unpaired) electrons. The zero-order chi connectivity index (χ0) is 15.1. The summed E-state index contributed by atoms with van der Waals surface area (Å²) in [7, 11) is 0. The third-order valence-electron chi connectivity index (χ3n) is 4.17. The van der Waals surface area contributed by atoms with Gasteiger partial charge in [0, 0.05) is 5.56 Å². The zero-order valence-electron chi connectivity index (χ0n) is 12.4. The normalized spacial score (nSPS) is 11.0. The van der Waals surface area contributed by atoms with Crippen molar-refractivity contribution in [3.63, 3.8) is 0 Å². The average Bonchev–Trinajstić information content (AvgIpc) is 2.45. The van der Waals surface area contributed by atoms with Crippen molar-refractivity contribution in [1.29, 1.82) is 0 Å². The predicted octanol–water partition coefficient (Wildman–Crippen LogP) is 4.84. The van der Waals surface area contributed by atoms with E-state index in [-0.39, 0.29) is 11.5 Å². The van der Waals surface area contributed by atoms with E-state index in [1.165, 1.54) is 28.6 Å². The minimum absolute atomic E-state index is 0.157. The Bertz CT molecular complexity index is 848. The average molecular weight is 278 g/mol. The maximum Gasteiger partial charge on any atom is 0.123 e. The molecule has 0 unspecified atom stereocenters. The number of aryl methyl sites for hydroxylation is 2. The Morgan fingerprint density at radius 3 is 2.29 bits per heavy atom. The van der Waals surface area contributed by atoms with E-state index in [1.54, 1.807) is 6.07 Å². The molecule has 0 saturated heterocycles. The smallest absolute Gasteiger partial charge is 0.123 e. The van der Waals surface area contributed by atoms with E-state index in [0.29, 0.717) is 5.56 Å². The Labute approximate surface area is 124 Å². The topological polar surface area (TPSA) is 40.5 Å². The summed E-state index contributed by atoms with van der Waals surface area (Å²) in [6.07, 6.45) is 0. The Morgan fingerprint density at radius 2 is 1.52 bits per heavy atom. The van der Waals surface area contributed by atoms with Crippen LogP contribution in [0.2, 0.25) is 0 Å². The van der Waals surface area contributed by atoms with Crippen molar-refractivity contribution in [3.05, 3.63) is 59.2 Å². The molecule has 3 aromatic carbocycles. The van der Waals surface area contributed by atoms with Crippen LogP contribution in [0.4, 0.5) is 0 Å². The van der Waals surface area contributed by atoms with E-state index in [1.807, 2.05) is 6.07 Å². The number of hydrogen-bond acceptors (Lipinski definition) is 2. The van der Waals surface area contributed by atoms with E-state index < -0.39 is 0 Å². The second kappa shape index (κ2) is 4.81. The van der Waals surface area contributed by atoms with Crippen LogP contribution in [-0.4, -0.2) is 10.2 Å². The highest BCUT2D eigenvalue weighted by atomic mass is 16.3. The summed E-state index contributed by atoms with van der Waals surface area (Å²) in [5.74, 6) is 0.341. The molecule has 0 atom stereocenters. The second-order valence-electron chi connectivity index (χ2n) is 5.56. The molecule has 21 heavy (non-hydrogen) atoms. The van der Waals surface area contributed by atoms with Gasteiger partial charge in [-0.15, -0.1) is 0 Å². The van der Waals surface area contributed by atoms with E-state index in [4.69, 9.17) is 0 Å². The van der Waals surface area contributed by atoms with Gasteiger partial charge in [0.05, 0.1) is 0 Å². The molecular weight excluding hydrogens is 260 g/mol. The third kappa shape index (κ3) is 2.13. The minimum atomic E-state index is 0.157. The fraction of sp³-hybridized carbons (Fsp3) is 0.158. The van der Waals surface area contributed by atoms with Crippen molar-refractivity contribution in [2.75, 3.05) is 0 Å². The molecule has 0 fully saturated rings. The molecule has 3 rings (SSSR count). The molecule has 0 aliphatic heterocycles. The van der Waals surface area contributed by atoms with Gasteiger partial charge in [-0.05, 0) is 72.0 Å². The summed E-state index contributed by atoms with van der Waals surface area (Å²) in [4.78, 5) is 0. The molecule has 2 N–H and O–H groups in total. The molecule has 106 valence electrons. The van der Waals surface area contributed by atoms with Gasteiger partial charge < -0.3 is 10.2 Å². The van der Waals surface area contributed by atoms with E-state index in [9.17, 15) is 10.2 Å². The van der Waals surface area contributed by atoms with Gasteiger partial charge in [0.25, 0.3) is 0 Å². The summed E-state index contributed by atoms with van der Waals surface area (Å²) in [6, 6.07) is 13.0. The SMILES string of the molecule is Cc1cc2c(C)cccc2c(-c2cc(O)ccc2O)c1C. The highest BCUT2D eigenvalue weighted by Gasteiger charge is 2.14. The van der Waals surface area contributed by atoms with Gasteiger partial charge in [-0.2, -0.15) is 0 Å². The Kier molecular flexibility index (Phi) is 3.09. The van der Waals surface area contributed by atoms with E-state index >= 15 is 0 Å². The largest absolute Gasteiger partial charge is 0.508 e. The molecule has 0 saturated carbocycles. The van der Waals surface area contributed by atoms with Crippen LogP contribution in [0.5, 0.6) is 11.5 Å². The maximum absolute atomic E-state index is 10.2. The molecule has 0 aliphatic carbocycles. The quantitative estimate of drug-likeness (QED) is 0.625. The fourth-order valence-corrected chi connectivity index (χ4v) is 2.89. The lowest BCUT2D eigenvalue weighted by atomic mass is 9.89. The molecule has 0 spiro atoms. The lowest BCUT2D eigenvalue weighted by Crippen LogP contribution is -1.92. The van der Waals surface area contributed by atoms with Crippen LogP contribution in [0.25, 0.3) is 21.9 Å². The first-order valence-electron chi connectivity index (χ1n) is 7.01. The first-order valence-corrected chi connectivity index (χ1v) is 7.01. The number of phenolic OH excluding ortho intramolecular Hbond substituents is 2. The van der Waals surface area contributed by atoms with E-state index in [2.05, 4.69) is 39.0 Å². The van der Waals surface area contributed by atoms with Crippen LogP contribution in [0.1, 0.15) is 16.7 Å². The molecular formula is C19H18O2. The standard InChI is InChI=1S/C19H18O2/c1-11-5-4-6-15-16(11)9-12(2)13(3)19(15)17-10-14(20)7-8-18(17)21/h4-10,20-21H,1-3H3. The van der Waals surface area contributed by atoms with Gasteiger partial charge in [0.15, 0.2) is 0 Å². The van der Waals surface area contributed by atoms with Crippen molar-refractivity contribution in [3.8, 4) is 22.6 Å². The molecule has 0 aliphatic rings. The van der Waals surface area contributed by atoms with Crippen molar-refractivity contribution < 1.29 is 10.2 Å². The lowest BCUT2D eigenvalue weighted by Gasteiger charge is -2.16. The van der Waals surface area contributed by atoms with Crippen LogP contribution in [0.3, 0.4) is 0 Å². The number of phenols is 2. The Hall–Kier alpha value is -2.48. The van der Waals surface area contributed by atoms with Crippen molar-refractivity contribution >= 4 is 10.8 Å². The third-order valence-corrected chi connectivity index (χ3v) is 4.17. The number of fused-ring (bicyclic) bond motifs is 1. The maximum atomic E-state index is 10.2. The van der Waals surface area contributed by atoms with Gasteiger partial charge in [-0.1, -0.05) is 24.3 Å². The van der Waals surface area contributed by atoms with Gasteiger partial charge in [-0.25, -0.2) is 0 Å². The molecule has 0 aromatic heterocycles. The number of rotatable bonds is 1. The zero-order valence-corrected chi connectivity index (χ0v) is 12.4. The van der Waals surface area contributed by atoms with Crippen LogP contribution in [0.15, 0.2) is 42.5 Å². The fourth-order valence-electron chi connectivity index (χ4n) is 2.89. The number of aromatic hydroxyl groups is 2. The van der Waals surface area contributed by atoms with Gasteiger partial charge >= 0.3 is 0 Å². The van der Waals surface area contributed by atoms with Gasteiger partial charge in [0.2, 0.25) is 0 Å². The van der Waals surface area contributed by atoms with Crippen LogP contribution >= 0.6 is 0 Å². The minimum Gasteiger partial charge on any atom is -0.508 e. The summed E-state index contributed by atoms with van der Waals surface area (Å²) in [5, 5.41) is 22.3. The summed E-state index contributed by atoms with van der Waals surface area (Å²) in [5.41, 5.74) is 5.16. The molecule has 3 aromatic rings. The van der Waals surface area contributed by atoms with Crippen LogP contribution < -0.4 is 0 Å². The lowest BCUT2D eigenvalue weighted by molar-refractivity contribution is 0.462. The van der Waals surface area contributed by atoms with Crippen molar-refractivity contribution in [2.24, 2.45) is 0 Å². The summed E-state index contributed by atoms with van der Waals surface area (Å²) >= 11 is 0. The molecule has 2 heteroatoms. The molecule has 0 heterocycles. The van der Waals surface area contributed by atoms with Crippen molar-refractivity contribution in [1.82, 2.24) is 0 Å².